The van der Waals surface area contributed by atoms with Crippen LogP contribution in [0.25, 0.3) is 0 Å². The number of rotatable bonds is 2. The van der Waals surface area contributed by atoms with Crippen LogP contribution in [0.1, 0.15) is 36.5 Å². The Labute approximate surface area is 100 Å². The van der Waals surface area contributed by atoms with Gasteiger partial charge in [-0.3, -0.25) is 0 Å². The first-order valence-corrected chi connectivity index (χ1v) is 5.80. The van der Waals surface area contributed by atoms with Crippen molar-refractivity contribution < 1.29 is 19.0 Å². The molecular formula is C13H17FO3. The molecule has 0 saturated carbocycles. The quantitative estimate of drug-likeness (QED) is 0.807. The van der Waals surface area contributed by atoms with Crippen LogP contribution < -0.4 is 9.47 Å². The molecule has 1 aliphatic carbocycles. The number of hydrogen-bond donors (Lipinski definition) is 1. The van der Waals surface area contributed by atoms with Crippen molar-refractivity contribution in [3.8, 4) is 11.5 Å². The van der Waals surface area contributed by atoms with Crippen molar-refractivity contribution in [3.05, 3.63) is 23.0 Å². The Morgan fingerprint density at radius 2 is 2.06 bits per heavy atom. The monoisotopic (exact) mass is 240 g/mol. The maximum Gasteiger partial charge on any atom is 0.166 e. The largest absolute Gasteiger partial charge is 0.493 e. The normalized spacial score (nSPS) is 19.4. The van der Waals surface area contributed by atoms with Crippen LogP contribution in [0.15, 0.2) is 6.07 Å². The maximum absolute atomic E-state index is 13.9. The summed E-state index contributed by atoms with van der Waals surface area (Å²) >= 11 is 0. The molecule has 2 rings (SSSR count). The lowest BCUT2D eigenvalue weighted by atomic mass is 9.98. The van der Waals surface area contributed by atoms with E-state index in [9.17, 15) is 9.50 Å². The van der Waals surface area contributed by atoms with Crippen LogP contribution in [0.5, 0.6) is 11.5 Å². The minimum Gasteiger partial charge on any atom is -0.493 e. The highest BCUT2D eigenvalue weighted by atomic mass is 19.1. The molecule has 0 unspecified atom stereocenters. The zero-order chi connectivity index (χ0) is 12.4. The van der Waals surface area contributed by atoms with Gasteiger partial charge in [-0.05, 0) is 24.8 Å². The molecule has 1 N–H and O–H groups in total. The van der Waals surface area contributed by atoms with Crippen molar-refractivity contribution in [1.82, 2.24) is 0 Å². The van der Waals surface area contributed by atoms with Gasteiger partial charge in [-0.25, -0.2) is 4.39 Å². The Hall–Kier alpha value is -1.29. The van der Waals surface area contributed by atoms with Crippen LogP contribution in [0.3, 0.4) is 0 Å². The highest BCUT2D eigenvalue weighted by Gasteiger charge is 2.26. The molecule has 0 spiro atoms. The molecule has 0 amide bonds. The van der Waals surface area contributed by atoms with Gasteiger partial charge in [-0.2, -0.15) is 0 Å². The molecule has 0 fully saturated rings. The molecule has 1 aliphatic rings. The average molecular weight is 240 g/mol. The minimum absolute atomic E-state index is 0.321. The Morgan fingerprint density at radius 3 is 2.71 bits per heavy atom. The van der Waals surface area contributed by atoms with Gasteiger partial charge >= 0.3 is 0 Å². The summed E-state index contributed by atoms with van der Waals surface area (Å²) in [7, 11) is 2.97. The van der Waals surface area contributed by atoms with E-state index in [2.05, 4.69) is 0 Å². The molecule has 0 bridgehead atoms. The van der Waals surface area contributed by atoms with Crippen molar-refractivity contribution >= 4 is 0 Å². The summed E-state index contributed by atoms with van der Waals surface area (Å²) in [6.07, 6.45) is 2.37. The second kappa shape index (κ2) is 4.92. The molecule has 0 saturated heterocycles. The maximum atomic E-state index is 13.9. The fraction of sp³-hybridized carbons (Fsp3) is 0.538. The number of ether oxygens (including phenoxy) is 2. The SMILES string of the molecule is COc1cc(F)c2c(c1OC)[C@@H](O)CCCC2. The van der Waals surface area contributed by atoms with E-state index in [4.69, 9.17) is 9.47 Å². The lowest BCUT2D eigenvalue weighted by Gasteiger charge is -2.19. The van der Waals surface area contributed by atoms with E-state index in [1.54, 1.807) is 0 Å². The fourth-order valence-electron chi connectivity index (χ4n) is 2.42. The lowest BCUT2D eigenvalue weighted by Crippen LogP contribution is -2.06. The van der Waals surface area contributed by atoms with Crippen LogP contribution in [0.4, 0.5) is 4.39 Å². The minimum atomic E-state index is -0.674. The Morgan fingerprint density at radius 1 is 1.29 bits per heavy atom. The van der Waals surface area contributed by atoms with E-state index < -0.39 is 6.10 Å². The zero-order valence-electron chi connectivity index (χ0n) is 10.1. The standard InChI is InChI=1S/C13H17FO3/c1-16-11-7-9(14)8-5-3-4-6-10(15)12(8)13(11)17-2/h7,10,15H,3-6H2,1-2H3/t10-/m0/s1. The number of aliphatic hydroxyl groups is 1. The summed E-state index contributed by atoms with van der Waals surface area (Å²) in [6.45, 7) is 0. The summed E-state index contributed by atoms with van der Waals surface area (Å²) in [5, 5.41) is 10.1. The van der Waals surface area contributed by atoms with E-state index in [1.165, 1.54) is 20.3 Å². The highest BCUT2D eigenvalue weighted by molar-refractivity contribution is 5.53. The summed E-state index contributed by atoms with van der Waals surface area (Å²) < 4.78 is 24.3. The second-order valence-electron chi connectivity index (χ2n) is 4.25. The molecule has 0 radical (unpaired) electrons. The Bertz CT molecular complexity index is 418. The third-order valence-corrected chi connectivity index (χ3v) is 3.25. The van der Waals surface area contributed by atoms with Crippen molar-refractivity contribution in [2.75, 3.05) is 14.2 Å². The van der Waals surface area contributed by atoms with Crippen molar-refractivity contribution in [1.29, 1.82) is 0 Å². The van der Waals surface area contributed by atoms with Crippen LogP contribution in [-0.2, 0) is 6.42 Å². The third kappa shape index (κ3) is 2.09. The summed E-state index contributed by atoms with van der Waals surface area (Å²) in [6, 6.07) is 1.33. The van der Waals surface area contributed by atoms with Crippen LogP contribution >= 0.6 is 0 Å². The molecule has 4 heteroatoms. The predicted molar refractivity (Wildman–Crippen MR) is 62.0 cm³/mol. The Balaban J connectivity index is 2.64. The van der Waals surface area contributed by atoms with Crippen molar-refractivity contribution in [3.63, 3.8) is 0 Å². The van der Waals surface area contributed by atoms with Gasteiger partial charge in [0.1, 0.15) is 5.82 Å². The van der Waals surface area contributed by atoms with Crippen LogP contribution in [0.2, 0.25) is 0 Å². The first-order valence-electron chi connectivity index (χ1n) is 5.80. The molecular weight excluding hydrogens is 223 g/mol. The Kier molecular flexibility index (Phi) is 3.52. The zero-order valence-corrected chi connectivity index (χ0v) is 10.1. The highest BCUT2D eigenvalue weighted by Crippen LogP contribution is 2.42. The molecule has 1 aromatic rings. The summed E-state index contributed by atoms with van der Waals surface area (Å²) in [5.74, 6) is 0.474. The van der Waals surface area contributed by atoms with E-state index in [1.807, 2.05) is 0 Å². The number of aliphatic hydroxyl groups excluding tert-OH is 1. The number of halogens is 1. The van der Waals surface area contributed by atoms with Crippen molar-refractivity contribution in [2.45, 2.75) is 31.8 Å². The van der Waals surface area contributed by atoms with E-state index in [0.717, 1.165) is 12.8 Å². The van der Waals surface area contributed by atoms with Gasteiger partial charge in [0, 0.05) is 11.6 Å². The van der Waals surface area contributed by atoms with Gasteiger partial charge in [-0.1, -0.05) is 6.42 Å². The lowest BCUT2D eigenvalue weighted by molar-refractivity contribution is 0.161. The summed E-state index contributed by atoms with van der Waals surface area (Å²) in [5.41, 5.74) is 1.12. The molecule has 1 aromatic carbocycles. The predicted octanol–water partition coefficient (Wildman–Crippen LogP) is 2.60. The fourth-order valence-corrected chi connectivity index (χ4v) is 2.42. The van der Waals surface area contributed by atoms with Crippen LogP contribution in [0, 0.1) is 5.82 Å². The smallest absolute Gasteiger partial charge is 0.166 e. The summed E-state index contributed by atoms with van der Waals surface area (Å²) in [4.78, 5) is 0. The van der Waals surface area contributed by atoms with Gasteiger partial charge in [0.2, 0.25) is 0 Å². The van der Waals surface area contributed by atoms with Gasteiger partial charge in [0.25, 0.3) is 0 Å². The third-order valence-electron chi connectivity index (χ3n) is 3.25. The molecule has 0 aromatic heterocycles. The number of fused-ring (bicyclic) bond motifs is 1. The molecule has 3 nitrogen and oxygen atoms in total. The van der Waals surface area contributed by atoms with Gasteiger partial charge in [-0.15, -0.1) is 0 Å². The molecule has 1 atom stereocenters. The molecule has 0 heterocycles. The van der Waals surface area contributed by atoms with E-state index in [0.29, 0.717) is 35.5 Å². The first-order chi connectivity index (χ1) is 8.19. The topological polar surface area (TPSA) is 38.7 Å². The first kappa shape index (κ1) is 12.2. The van der Waals surface area contributed by atoms with Crippen molar-refractivity contribution in [2.24, 2.45) is 0 Å². The molecule has 94 valence electrons. The van der Waals surface area contributed by atoms with Gasteiger partial charge < -0.3 is 14.6 Å². The van der Waals surface area contributed by atoms with Gasteiger partial charge in [0.15, 0.2) is 11.5 Å². The molecule has 0 aliphatic heterocycles. The second-order valence-corrected chi connectivity index (χ2v) is 4.25. The number of hydrogen-bond acceptors (Lipinski definition) is 3. The average Bonchev–Trinajstić information content (AvgIpc) is 2.52. The van der Waals surface area contributed by atoms with Gasteiger partial charge in [0.05, 0.1) is 20.3 Å². The molecule has 17 heavy (non-hydrogen) atoms. The van der Waals surface area contributed by atoms with E-state index in [-0.39, 0.29) is 5.82 Å². The van der Waals surface area contributed by atoms with Crippen LogP contribution in [-0.4, -0.2) is 19.3 Å². The number of methoxy groups -OCH3 is 2. The number of benzene rings is 1. The van der Waals surface area contributed by atoms with E-state index >= 15 is 0 Å².